The molecular weight excluding hydrogens is 710 g/mol. The van der Waals surface area contributed by atoms with Crippen molar-refractivity contribution < 1.29 is 52.8 Å². The van der Waals surface area contributed by atoms with Crippen LogP contribution in [0.4, 0.5) is 14.4 Å². The number of terminal acetylenes is 2. The minimum absolute atomic E-state index is 0.0827. The maximum absolute atomic E-state index is 12.0. The summed E-state index contributed by atoms with van der Waals surface area (Å²) in [7, 11) is 2.75. The summed E-state index contributed by atoms with van der Waals surface area (Å²) >= 11 is 0. The summed E-state index contributed by atoms with van der Waals surface area (Å²) in [6.45, 7) is 19.8. The number of aliphatic hydroxyl groups excluding tert-OH is 1. The fourth-order valence-electron chi connectivity index (χ4n) is 6.20. The maximum Gasteiger partial charge on any atom is 0.410 e. The van der Waals surface area contributed by atoms with Crippen LogP contribution in [0.3, 0.4) is 0 Å². The predicted molar refractivity (Wildman–Crippen MR) is 207 cm³/mol. The molecule has 0 aromatic carbocycles. The molecule has 1 N–H and O–H groups in total. The molecule has 3 saturated heterocycles. The van der Waals surface area contributed by atoms with Crippen molar-refractivity contribution in [3.63, 3.8) is 0 Å². The van der Waals surface area contributed by atoms with Gasteiger partial charge in [0, 0.05) is 64.1 Å². The number of amides is 3. The number of likely N-dealkylation sites (tertiary alicyclic amines) is 3. The highest BCUT2D eigenvalue weighted by Gasteiger charge is 2.43. The van der Waals surface area contributed by atoms with Gasteiger partial charge in [-0.05, 0) is 101 Å². The highest BCUT2D eigenvalue weighted by molar-refractivity contribution is 5.78. The summed E-state index contributed by atoms with van der Waals surface area (Å²) in [6.07, 6.45) is 14.4. The van der Waals surface area contributed by atoms with E-state index in [1.165, 1.54) is 14.2 Å². The van der Waals surface area contributed by atoms with E-state index in [4.69, 9.17) is 36.5 Å². The van der Waals surface area contributed by atoms with E-state index in [-0.39, 0.29) is 48.2 Å². The molecule has 3 fully saturated rings. The summed E-state index contributed by atoms with van der Waals surface area (Å²) in [4.78, 5) is 63.8. The minimum atomic E-state index is -0.665. The molecule has 14 heteroatoms. The molecular formula is C41H67N3O11. The number of carbonyl (C=O) groups excluding carboxylic acids is 5. The van der Waals surface area contributed by atoms with E-state index in [0.717, 1.165) is 12.8 Å². The van der Waals surface area contributed by atoms with Gasteiger partial charge >= 0.3 is 30.2 Å². The fourth-order valence-corrected chi connectivity index (χ4v) is 6.20. The molecule has 55 heavy (non-hydrogen) atoms. The number of nitrogens with zero attached hydrogens (tertiary/aromatic N) is 3. The lowest BCUT2D eigenvalue weighted by atomic mass is 9.76. The normalized spacial score (nSPS) is 18.3. The number of piperidine rings is 3. The van der Waals surface area contributed by atoms with Crippen LogP contribution in [0.15, 0.2) is 0 Å². The number of methoxy groups -OCH3 is 2. The van der Waals surface area contributed by atoms with Gasteiger partial charge in [-0.3, -0.25) is 9.59 Å². The Balaban J connectivity index is 0.000000414. The smallest absolute Gasteiger partial charge is 0.410 e. The first-order chi connectivity index (χ1) is 25.4. The van der Waals surface area contributed by atoms with Crippen molar-refractivity contribution in [1.82, 2.24) is 14.7 Å². The molecule has 0 spiro atoms. The number of carbonyl (C=O) groups is 5. The molecule has 3 heterocycles. The van der Waals surface area contributed by atoms with Crippen molar-refractivity contribution in [1.29, 1.82) is 0 Å². The largest absolute Gasteiger partial charge is 0.469 e. The Hall–Kier alpha value is -4.17. The number of rotatable bonds is 5. The second kappa shape index (κ2) is 21.2. The number of ether oxygens (including phenoxy) is 5. The molecule has 0 bridgehead atoms. The van der Waals surface area contributed by atoms with E-state index in [2.05, 4.69) is 11.8 Å². The second-order valence-electron chi connectivity index (χ2n) is 17.4. The average Bonchev–Trinajstić information content (AvgIpc) is 3.10. The molecule has 0 aromatic rings. The van der Waals surface area contributed by atoms with Gasteiger partial charge in [0.15, 0.2) is 0 Å². The SMILES string of the molecule is C#CCC1(C(=O)OC)CCN(C(=O)OC(C)(C)C)CC1.C#CCC1(CO)CCN(C(=O)OC(C)(C)C)CC1.COC(=O)C1CCN(C(=O)OC(C)(C)C)CC1. The molecule has 312 valence electrons. The maximum atomic E-state index is 12.0. The highest BCUT2D eigenvalue weighted by atomic mass is 16.6. The number of hydrogen-bond acceptors (Lipinski definition) is 11. The summed E-state index contributed by atoms with van der Waals surface area (Å²) in [5.41, 5.74) is -2.35. The van der Waals surface area contributed by atoms with Crippen LogP contribution < -0.4 is 0 Å². The Kier molecular flexibility index (Phi) is 18.8. The molecule has 0 saturated carbocycles. The van der Waals surface area contributed by atoms with Crippen molar-refractivity contribution in [2.24, 2.45) is 16.7 Å². The minimum Gasteiger partial charge on any atom is -0.469 e. The summed E-state index contributed by atoms with van der Waals surface area (Å²) in [5, 5.41) is 9.45. The van der Waals surface area contributed by atoms with Crippen LogP contribution in [0.2, 0.25) is 0 Å². The van der Waals surface area contributed by atoms with E-state index >= 15 is 0 Å². The molecule has 3 amide bonds. The van der Waals surface area contributed by atoms with Gasteiger partial charge in [-0.15, -0.1) is 24.7 Å². The first-order valence-electron chi connectivity index (χ1n) is 19.0. The van der Waals surface area contributed by atoms with Crippen LogP contribution in [-0.2, 0) is 33.3 Å². The third-order valence-corrected chi connectivity index (χ3v) is 9.40. The van der Waals surface area contributed by atoms with Crippen LogP contribution in [-0.4, -0.2) is 127 Å². The molecule has 3 aliphatic rings. The van der Waals surface area contributed by atoms with Crippen LogP contribution in [0.1, 0.15) is 114 Å². The Bertz CT molecular complexity index is 1350. The third-order valence-electron chi connectivity index (χ3n) is 9.40. The summed E-state index contributed by atoms with van der Waals surface area (Å²) in [6, 6.07) is 0. The zero-order valence-corrected chi connectivity index (χ0v) is 35.2. The Labute approximate surface area is 329 Å². The van der Waals surface area contributed by atoms with Gasteiger partial charge in [0.1, 0.15) is 16.8 Å². The quantitative estimate of drug-likeness (QED) is 0.197. The van der Waals surface area contributed by atoms with Gasteiger partial charge in [0.25, 0.3) is 0 Å². The van der Waals surface area contributed by atoms with Crippen molar-refractivity contribution in [3.05, 3.63) is 0 Å². The average molecular weight is 778 g/mol. The van der Waals surface area contributed by atoms with Crippen LogP contribution in [0.5, 0.6) is 0 Å². The highest BCUT2D eigenvalue weighted by Crippen LogP contribution is 2.37. The second-order valence-corrected chi connectivity index (χ2v) is 17.4. The van der Waals surface area contributed by atoms with Crippen LogP contribution >= 0.6 is 0 Å². The standard InChI is InChI=1S/C15H23NO4.C14H23NO3.C12H21NO4/c1-6-7-15(12(17)19-5)8-10-16(11-9-15)13(18)20-14(2,3)4;1-5-6-14(11-16)7-9-15(10-8-14)12(17)18-13(2,3)4;1-12(2,3)17-11(15)13-7-5-9(6-8-13)10(14)16-4/h1H,7-11H2,2-5H3;1,16H,6-11H2,2-4H3;9H,5-8H2,1-4H3. The van der Waals surface area contributed by atoms with E-state index in [9.17, 15) is 29.1 Å². The topological polar surface area (TPSA) is 161 Å². The van der Waals surface area contributed by atoms with Gasteiger partial charge in [-0.2, -0.15) is 0 Å². The van der Waals surface area contributed by atoms with E-state index in [1.54, 1.807) is 14.7 Å². The molecule has 3 aliphatic heterocycles. The molecule has 3 rings (SSSR count). The van der Waals surface area contributed by atoms with E-state index in [1.807, 2.05) is 62.3 Å². The monoisotopic (exact) mass is 777 g/mol. The molecule has 0 aliphatic carbocycles. The van der Waals surface area contributed by atoms with Crippen LogP contribution in [0, 0.1) is 41.4 Å². The number of aliphatic hydroxyl groups is 1. The Morgan fingerprint density at radius 1 is 0.618 bits per heavy atom. The first-order valence-corrected chi connectivity index (χ1v) is 19.0. The van der Waals surface area contributed by atoms with Gasteiger partial charge in [-0.1, -0.05) is 0 Å². The van der Waals surface area contributed by atoms with Crippen molar-refractivity contribution in [2.45, 2.75) is 130 Å². The summed E-state index contributed by atoms with van der Waals surface area (Å²) < 4.78 is 25.5. The number of hydrogen-bond donors (Lipinski definition) is 1. The molecule has 0 radical (unpaired) electrons. The predicted octanol–water partition coefficient (Wildman–Crippen LogP) is 6.03. The van der Waals surface area contributed by atoms with Gasteiger partial charge in [0.05, 0.1) is 25.6 Å². The lowest BCUT2D eigenvalue weighted by molar-refractivity contribution is -0.155. The zero-order chi connectivity index (χ0) is 42.3. The Morgan fingerprint density at radius 3 is 1.29 bits per heavy atom. The lowest BCUT2D eigenvalue weighted by Crippen LogP contribution is -2.48. The van der Waals surface area contributed by atoms with Gasteiger partial charge < -0.3 is 43.5 Å². The molecule has 0 unspecified atom stereocenters. The van der Waals surface area contributed by atoms with Gasteiger partial charge in [0.2, 0.25) is 0 Å². The third kappa shape index (κ3) is 17.0. The van der Waals surface area contributed by atoms with Crippen molar-refractivity contribution in [3.8, 4) is 24.7 Å². The van der Waals surface area contributed by atoms with Crippen LogP contribution in [0.25, 0.3) is 0 Å². The fraction of sp³-hybridized carbons (Fsp3) is 0.780. The summed E-state index contributed by atoms with van der Waals surface area (Å²) in [5.74, 6) is 4.59. The van der Waals surface area contributed by atoms with E-state index < -0.39 is 22.2 Å². The molecule has 0 aromatic heterocycles. The molecule has 0 atom stereocenters. The Morgan fingerprint density at radius 2 is 0.982 bits per heavy atom. The van der Waals surface area contributed by atoms with E-state index in [0.29, 0.717) is 77.8 Å². The lowest BCUT2D eigenvalue weighted by Gasteiger charge is -2.40. The van der Waals surface area contributed by atoms with Crippen molar-refractivity contribution >= 4 is 30.2 Å². The zero-order valence-electron chi connectivity index (χ0n) is 35.2. The number of esters is 2. The first kappa shape index (κ1) is 48.8. The molecule has 14 nitrogen and oxygen atoms in total. The van der Waals surface area contributed by atoms with Crippen molar-refractivity contribution in [2.75, 3.05) is 60.1 Å². The van der Waals surface area contributed by atoms with Gasteiger partial charge in [-0.25, -0.2) is 14.4 Å².